The van der Waals surface area contributed by atoms with Crippen molar-refractivity contribution in [1.29, 1.82) is 0 Å². The Balaban J connectivity index is 0.00000280. The topological polar surface area (TPSA) is 84.8 Å². The number of aryl methyl sites for hydroxylation is 1. The zero-order valence-electron chi connectivity index (χ0n) is 20.7. The number of ether oxygens (including phenoxy) is 1. The second-order valence-electron chi connectivity index (χ2n) is 9.55. The summed E-state index contributed by atoms with van der Waals surface area (Å²) in [5.41, 5.74) is 2.09. The first-order chi connectivity index (χ1) is 17.6. The van der Waals surface area contributed by atoms with Gasteiger partial charge in [0.1, 0.15) is 24.0 Å². The molecule has 0 radical (unpaired) electrons. The van der Waals surface area contributed by atoms with Gasteiger partial charge in [0.25, 0.3) is 5.89 Å². The lowest BCUT2D eigenvalue weighted by Crippen LogP contribution is -2.40. The number of hydrogen-bond donors (Lipinski definition) is 1. The number of aliphatic hydroxyl groups excluding tert-OH is 1. The smallest absolute Gasteiger partial charge is 0.283 e. The van der Waals surface area contributed by atoms with Crippen molar-refractivity contribution in [3.05, 3.63) is 78.2 Å². The molecule has 0 unspecified atom stereocenters. The molecule has 0 spiro atoms. The molecule has 8 heteroatoms. The van der Waals surface area contributed by atoms with Crippen LogP contribution < -0.4 is 4.74 Å². The van der Waals surface area contributed by atoms with Crippen molar-refractivity contribution < 1.29 is 18.7 Å². The summed E-state index contributed by atoms with van der Waals surface area (Å²) in [7, 11) is 0. The van der Waals surface area contributed by atoms with E-state index in [4.69, 9.17) is 13.6 Å². The Bertz CT molecular complexity index is 1490. The quantitative estimate of drug-likeness (QED) is 0.283. The molecule has 6 rings (SSSR count). The Morgan fingerprint density at radius 3 is 2.57 bits per heavy atom. The van der Waals surface area contributed by atoms with Gasteiger partial charge in [-0.15, -0.1) is 22.6 Å². The van der Waals surface area contributed by atoms with E-state index in [0.717, 1.165) is 31.3 Å². The van der Waals surface area contributed by atoms with Crippen LogP contribution in [-0.4, -0.2) is 52.5 Å². The highest BCUT2D eigenvalue weighted by Crippen LogP contribution is 2.33. The van der Waals surface area contributed by atoms with Gasteiger partial charge in [0, 0.05) is 19.5 Å². The number of piperidine rings is 1. The molecular weight excluding hydrogens is 490 g/mol. The van der Waals surface area contributed by atoms with Crippen LogP contribution in [0.2, 0.25) is 0 Å². The molecule has 1 aliphatic heterocycles. The number of likely N-dealkylation sites (tertiary alicyclic amines) is 1. The van der Waals surface area contributed by atoms with Gasteiger partial charge < -0.3 is 23.6 Å². The molecule has 2 aromatic heterocycles. The number of benzene rings is 3. The number of rotatable bonds is 7. The van der Waals surface area contributed by atoms with E-state index in [1.165, 1.54) is 16.3 Å². The highest BCUT2D eigenvalue weighted by molar-refractivity contribution is 5.87. The fourth-order valence-electron chi connectivity index (χ4n) is 5.11. The van der Waals surface area contributed by atoms with Crippen LogP contribution >= 0.6 is 12.4 Å². The minimum atomic E-state index is -0.581. The van der Waals surface area contributed by atoms with Crippen molar-refractivity contribution in [2.45, 2.75) is 31.8 Å². The van der Waals surface area contributed by atoms with E-state index in [1.807, 2.05) is 24.3 Å². The summed E-state index contributed by atoms with van der Waals surface area (Å²) in [6.45, 7) is 4.49. The number of fused-ring (bicyclic) bond motifs is 2. The van der Waals surface area contributed by atoms with E-state index in [9.17, 15) is 5.11 Å². The first kappa shape index (κ1) is 25.3. The Labute approximate surface area is 221 Å². The van der Waals surface area contributed by atoms with Gasteiger partial charge in [-0.1, -0.05) is 48.5 Å². The Morgan fingerprint density at radius 2 is 1.78 bits per heavy atom. The number of aromatic nitrogens is 2. The fourth-order valence-corrected chi connectivity index (χ4v) is 5.11. The summed E-state index contributed by atoms with van der Waals surface area (Å²) < 4.78 is 17.3. The SMILES string of the molecule is Cc1nnc(-c2cc3c(OC[C@@H](O)CN4CCC(c5ccc6ccccc6c5)CC4)cccc3o2)o1.Cl. The maximum absolute atomic E-state index is 10.7. The van der Waals surface area contributed by atoms with Crippen molar-refractivity contribution in [2.24, 2.45) is 0 Å². The third-order valence-corrected chi connectivity index (χ3v) is 6.99. The maximum atomic E-state index is 10.7. The fraction of sp³-hybridized carbons (Fsp3) is 0.310. The van der Waals surface area contributed by atoms with Crippen LogP contribution in [0.1, 0.15) is 30.2 Å². The van der Waals surface area contributed by atoms with E-state index >= 15 is 0 Å². The van der Waals surface area contributed by atoms with Crippen LogP contribution in [0.3, 0.4) is 0 Å². The van der Waals surface area contributed by atoms with Crippen molar-refractivity contribution in [3.8, 4) is 17.4 Å². The molecule has 37 heavy (non-hydrogen) atoms. The molecule has 5 aromatic rings. The number of nitrogens with zero attached hydrogens (tertiary/aromatic N) is 3. The van der Waals surface area contributed by atoms with Crippen molar-refractivity contribution in [3.63, 3.8) is 0 Å². The predicted molar refractivity (Wildman–Crippen MR) is 145 cm³/mol. The number of aliphatic hydroxyl groups is 1. The number of furan rings is 1. The average molecular weight is 520 g/mol. The highest BCUT2D eigenvalue weighted by Gasteiger charge is 2.23. The van der Waals surface area contributed by atoms with Gasteiger partial charge in [0.15, 0.2) is 5.76 Å². The summed E-state index contributed by atoms with van der Waals surface area (Å²) in [5, 5.41) is 22.0. The van der Waals surface area contributed by atoms with Gasteiger partial charge in [-0.2, -0.15) is 0 Å². The van der Waals surface area contributed by atoms with E-state index < -0.39 is 6.10 Å². The standard InChI is InChI=1S/C29H29N3O4.ClH/c1-19-30-31-29(35-19)28-16-25-26(7-4-8-27(25)36-28)34-18-24(33)17-32-13-11-21(12-14-32)23-10-9-20-5-2-3-6-22(20)15-23;/h2-10,15-16,21,24,33H,11-14,17-18H2,1H3;1H/t24-;/m0./s1. The number of hydrogen-bond acceptors (Lipinski definition) is 7. The minimum Gasteiger partial charge on any atom is -0.490 e. The zero-order valence-corrected chi connectivity index (χ0v) is 21.5. The van der Waals surface area contributed by atoms with Crippen LogP contribution in [0.4, 0.5) is 0 Å². The minimum absolute atomic E-state index is 0. The predicted octanol–water partition coefficient (Wildman–Crippen LogP) is 5.99. The van der Waals surface area contributed by atoms with Gasteiger partial charge >= 0.3 is 0 Å². The summed E-state index contributed by atoms with van der Waals surface area (Å²) in [4.78, 5) is 2.33. The van der Waals surface area contributed by atoms with Gasteiger partial charge in [0.05, 0.1) is 5.39 Å². The van der Waals surface area contributed by atoms with Crippen molar-refractivity contribution >= 4 is 34.1 Å². The van der Waals surface area contributed by atoms with Crippen LogP contribution in [-0.2, 0) is 0 Å². The second kappa shape index (κ2) is 10.9. The lowest BCUT2D eigenvalue weighted by Gasteiger charge is -2.33. The highest BCUT2D eigenvalue weighted by atomic mass is 35.5. The van der Waals surface area contributed by atoms with Crippen LogP contribution in [0.5, 0.6) is 5.75 Å². The largest absolute Gasteiger partial charge is 0.490 e. The summed E-state index contributed by atoms with van der Waals surface area (Å²) in [6.07, 6.45) is 1.61. The molecule has 0 aliphatic carbocycles. The first-order valence-corrected chi connectivity index (χ1v) is 12.5. The van der Waals surface area contributed by atoms with Crippen LogP contribution in [0, 0.1) is 6.92 Å². The molecule has 7 nitrogen and oxygen atoms in total. The Morgan fingerprint density at radius 1 is 0.973 bits per heavy atom. The van der Waals surface area contributed by atoms with Crippen molar-refractivity contribution in [2.75, 3.05) is 26.2 Å². The average Bonchev–Trinajstić information content (AvgIpc) is 3.54. The molecule has 0 bridgehead atoms. The molecule has 1 N–H and O–H groups in total. The lowest BCUT2D eigenvalue weighted by atomic mass is 9.88. The summed E-state index contributed by atoms with van der Waals surface area (Å²) in [5.74, 6) is 2.53. The summed E-state index contributed by atoms with van der Waals surface area (Å²) >= 11 is 0. The molecule has 1 aliphatic rings. The Kier molecular flexibility index (Phi) is 7.46. The monoisotopic (exact) mass is 519 g/mol. The van der Waals surface area contributed by atoms with Gasteiger partial charge in [-0.3, -0.25) is 0 Å². The van der Waals surface area contributed by atoms with E-state index in [0.29, 0.717) is 41.3 Å². The molecular formula is C29H30ClN3O4. The lowest BCUT2D eigenvalue weighted by molar-refractivity contribution is 0.0599. The molecule has 1 atom stereocenters. The molecule has 3 aromatic carbocycles. The van der Waals surface area contributed by atoms with Gasteiger partial charge in [-0.25, -0.2) is 0 Å². The molecule has 3 heterocycles. The van der Waals surface area contributed by atoms with E-state index in [2.05, 4.69) is 57.6 Å². The van der Waals surface area contributed by atoms with Gasteiger partial charge in [-0.05, 0) is 60.3 Å². The molecule has 0 amide bonds. The first-order valence-electron chi connectivity index (χ1n) is 12.5. The second-order valence-corrected chi connectivity index (χ2v) is 9.55. The number of halogens is 1. The number of β-amino-alcohol motifs (C(OH)–C–C–N with tert-alkyl or cyclic N) is 1. The molecule has 1 fully saturated rings. The zero-order chi connectivity index (χ0) is 24.5. The van der Waals surface area contributed by atoms with Gasteiger partial charge in [0.2, 0.25) is 5.89 Å². The van der Waals surface area contributed by atoms with Crippen LogP contribution in [0.15, 0.2) is 75.6 Å². The van der Waals surface area contributed by atoms with Crippen molar-refractivity contribution in [1.82, 2.24) is 15.1 Å². The van der Waals surface area contributed by atoms with Crippen LogP contribution in [0.25, 0.3) is 33.4 Å². The van der Waals surface area contributed by atoms with E-state index in [-0.39, 0.29) is 19.0 Å². The normalized spacial score (nSPS) is 15.6. The third-order valence-electron chi connectivity index (χ3n) is 6.99. The van der Waals surface area contributed by atoms with E-state index in [1.54, 1.807) is 6.92 Å². The molecule has 192 valence electrons. The molecule has 1 saturated heterocycles. The summed E-state index contributed by atoms with van der Waals surface area (Å²) in [6, 6.07) is 22.8. The Hall–Kier alpha value is -3.39. The molecule has 0 saturated carbocycles. The maximum Gasteiger partial charge on any atom is 0.283 e. The third kappa shape index (κ3) is 5.49.